The number of hydrogen-bond donors (Lipinski definition) is 2. The molecule has 0 spiro atoms. The van der Waals surface area contributed by atoms with Gasteiger partial charge >= 0.3 is 0 Å². The molecule has 3 nitrogen and oxygen atoms in total. The number of nitrogens with zero attached hydrogens (tertiary/aromatic N) is 1. The molecule has 0 aliphatic heterocycles. The molecule has 0 bridgehead atoms. The van der Waals surface area contributed by atoms with Gasteiger partial charge in [-0.05, 0) is 47.0 Å². The first-order valence-electron chi connectivity index (χ1n) is 6.42. The van der Waals surface area contributed by atoms with Crippen LogP contribution in [0.25, 0.3) is 0 Å². The smallest absolute Gasteiger partial charge is 0.0992 e. The van der Waals surface area contributed by atoms with E-state index in [-0.39, 0.29) is 6.04 Å². The molecule has 2 atom stereocenters. The molecule has 96 valence electrons. The Labute approximate surface area is 116 Å². The fourth-order valence-corrected chi connectivity index (χ4v) is 2.91. The van der Waals surface area contributed by atoms with Crippen LogP contribution in [0.1, 0.15) is 37.7 Å². The molecular weight excluding hydrogens is 290 g/mol. The number of nitrogens with one attached hydrogen (secondary N) is 1. The van der Waals surface area contributed by atoms with Gasteiger partial charge in [-0.3, -0.25) is 0 Å². The maximum absolute atomic E-state index is 8.84. The van der Waals surface area contributed by atoms with Gasteiger partial charge in [0.05, 0.1) is 11.6 Å². The largest absolute Gasteiger partial charge is 0.380 e. The SMILES string of the molecule is N#Cc1ccc(NC2CCCCCC2N)c(Br)c1. The molecule has 0 aromatic heterocycles. The number of hydrogen-bond acceptors (Lipinski definition) is 3. The molecule has 2 unspecified atom stereocenters. The first kappa shape index (κ1) is 13.4. The van der Waals surface area contributed by atoms with Crippen molar-refractivity contribution < 1.29 is 0 Å². The number of rotatable bonds is 2. The number of nitrogens with two attached hydrogens (primary N) is 1. The number of halogens is 1. The number of anilines is 1. The second-order valence-corrected chi connectivity index (χ2v) is 5.71. The monoisotopic (exact) mass is 307 g/mol. The summed E-state index contributed by atoms with van der Waals surface area (Å²) in [5.41, 5.74) is 7.89. The van der Waals surface area contributed by atoms with Gasteiger partial charge in [0.25, 0.3) is 0 Å². The third-order valence-electron chi connectivity index (χ3n) is 3.51. The molecule has 1 fully saturated rings. The lowest BCUT2D eigenvalue weighted by atomic mass is 10.0. The van der Waals surface area contributed by atoms with Gasteiger partial charge in [-0.15, -0.1) is 0 Å². The molecule has 4 heteroatoms. The molecule has 1 aromatic carbocycles. The third-order valence-corrected chi connectivity index (χ3v) is 4.16. The molecule has 1 saturated carbocycles. The highest BCUT2D eigenvalue weighted by Crippen LogP contribution is 2.27. The Morgan fingerprint density at radius 1 is 1.28 bits per heavy atom. The third kappa shape index (κ3) is 3.24. The zero-order valence-electron chi connectivity index (χ0n) is 10.3. The lowest BCUT2D eigenvalue weighted by molar-refractivity contribution is 0.528. The van der Waals surface area contributed by atoms with Crippen molar-refractivity contribution in [2.45, 2.75) is 44.2 Å². The van der Waals surface area contributed by atoms with E-state index in [4.69, 9.17) is 11.0 Å². The van der Waals surface area contributed by atoms with Gasteiger partial charge < -0.3 is 11.1 Å². The predicted molar refractivity (Wildman–Crippen MR) is 77.3 cm³/mol. The van der Waals surface area contributed by atoms with Crippen LogP contribution in [0.15, 0.2) is 22.7 Å². The van der Waals surface area contributed by atoms with Crippen LogP contribution in [-0.4, -0.2) is 12.1 Å². The van der Waals surface area contributed by atoms with Gasteiger partial charge in [-0.25, -0.2) is 0 Å². The summed E-state index contributed by atoms with van der Waals surface area (Å²) in [6, 6.07) is 8.29. The maximum atomic E-state index is 8.84. The quantitative estimate of drug-likeness (QED) is 0.823. The molecule has 0 saturated heterocycles. The van der Waals surface area contributed by atoms with Gasteiger partial charge in [-0.1, -0.05) is 19.3 Å². The van der Waals surface area contributed by atoms with Crippen molar-refractivity contribution in [2.75, 3.05) is 5.32 Å². The zero-order chi connectivity index (χ0) is 13.0. The highest BCUT2D eigenvalue weighted by Gasteiger charge is 2.20. The first-order valence-corrected chi connectivity index (χ1v) is 7.22. The average Bonchev–Trinajstić information content (AvgIpc) is 2.57. The van der Waals surface area contributed by atoms with E-state index in [2.05, 4.69) is 27.3 Å². The van der Waals surface area contributed by atoms with Gasteiger partial charge in [0.15, 0.2) is 0 Å². The van der Waals surface area contributed by atoms with E-state index in [0.717, 1.165) is 23.0 Å². The molecule has 2 rings (SSSR count). The van der Waals surface area contributed by atoms with E-state index in [0.29, 0.717) is 11.6 Å². The fraction of sp³-hybridized carbons (Fsp3) is 0.500. The summed E-state index contributed by atoms with van der Waals surface area (Å²) in [6.07, 6.45) is 5.95. The summed E-state index contributed by atoms with van der Waals surface area (Å²) in [4.78, 5) is 0. The van der Waals surface area contributed by atoms with Crippen molar-refractivity contribution in [1.82, 2.24) is 0 Å². The molecule has 0 amide bonds. The summed E-state index contributed by atoms with van der Waals surface area (Å²) < 4.78 is 0.929. The van der Waals surface area contributed by atoms with Crippen LogP contribution in [0.2, 0.25) is 0 Å². The highest BCUT2D eigenvalue weighted by molar-refractivity contribution is 9.10. The van der Waals surface area contributed by atoms with Crippen molar-refractivity contribution in [3.05, 3.63) is 28.2 Å². The van der Waals surface area contributed by atoms with Crippen molar-refractivity contribution in [2.24, 2.45) is 5.73 Å². The van der Waals surface area contributed by atoms with Crippen molar-refractivity contribution in [3.63, 3.8) is 0 Å². The lowest BCUT2D eigenvalue weighted by Crippen LogP contribution is -2.39. The van der Waals surface area contributed by atoms with Gasteiger partial charge in [0, 0.05) is 22.2 Å². The van der Waals surface area contributed by atoms with Gasteiger partial charge in [0.2, 0.25) is 0 Å². The summed E-state index contributed by atoms with van der Waals surface area (Å²) in [5, 5.41) is 12.4. The van der Waals surface area contributed by atoms with E-state index < -0.39 is 0 Å². The van der Waals surface area contributed by atoms with E-state index in [9.17, 15) is 0 Å². The maximum Gasteiger partial charge on any atom is 0.0992 e. The minimum atomic E-state index is 0.218. The Bertz CT molecular complexity index is 453. The summed E-state index contributed by atoms with van der Waals surface area (Å²) in [6.45, 7) is 0. The Hall–Kier alpha value is -1.05. The van der Waals surface area contributed by atoms with Gasteiger partial charge in [-0.2, -0.15) is 5.26 Å². The van der Waals surface area contributed by atoms with E-state index in [1.807, 2.05) is 18.2 Å². The van der Waals surface area contributed by atoms with Crippen molar-refractivity contribution in [3.8, 4) is 6.07 Å². The molecule has 3 N–H and O–H groups in total. The predicted octanol–water partition coefficient (Wildman–Crippen LogP) is 3.39. The standard InChI is InChI=1S/C14H18BrN3/c15-11-8-10(9-16)6-7-13(11)18-14-5-3-1-2-4-12(14)17/h6-8,12,14,18H,1-5,17H2. The fourth-order valence-electron chi connectivity index (χ4n) is 2.42. The first-order chi connectivity index (χ1) is 8.70. The molecule has 1 aromatic rings. The minimum Gasteiger partial charge on any atom is -0.380 e. The van der Waals surface area contributed by atoms with Crippen LogP contribution in [-0.2, 0) is 0 Å². The summed E-state index contributed by atoms with van der Waals surface area (Å²) in [5.74, 6) is 0. The second kappa shape index (κ2) is 6.21. The van der Waals surface area contributed by atoms with Crippen molar-refractivity contribution >= 4 is 21.6 Å². The Kier molecular flexibility index (Phi) is 4.62. The van der Waals surface area contributed by atoms with Crippen LogP contribution in [0.5, 0.6) is 0 Å². The molecule has 18 heavy (non-hydrogen) atoms. The van der Waals surface area contributed by atoms with E-state index >= 15 is 0 Å². The summed E-state index contributed by atoms with van der Waals surface area (Å²) >= 11 is 3.50. The van der Waals surface area contributed by atoms with Crippen LogP contribution in [0.3, 0.4) is 0 Å². The Morgan fingerprint density at radius 2 is 2.06 bits per heavy atom. The Morgan fingerprint density at radius 3 is 2.78 bits per heavy atom. The second-order valence-electron chi connectivity index (χ2n) is 4.86. The van der Waals surface area contributed by atoms with E-state index in [1.54, 1.807) is 0 Å². The number of nitriles is 1. The summed E-state index contributed by atoms with van der Waals surface area (Å²) in [7, 11) is 0. The number of benzene rings is 1. The minimum absolute atomic E-state index is 0.218. The van der Waals surface area contributed by atoms with Crippen LogP contribution < -0.4 is 11.1 Å². The van der Waals surface area contributed by atoms with Crippen LogP contribution in [0, 0.1) is 11.3 Å². The van der Waals surface area contributed by atoms with Crippen LogP contribution >= 0.6 is 15.9 Å². The van der Waals surface area contributed by atoms with Crippen molar-refractivity contribution in [1.29, 1.82) is 5.26 Å². The topological polar surface area (TPSA) is 61.8 Å². The molecular formula is C14H18BrN3. The normalized spacial score (nSPS) is 24.1. The molecule has 0 radical (unpaired) electrons. The molecule has 1 aliphatic rings. The van der Waals surface area contributed by atoms with E-state index in [1.165, 1.54) is 19.3 Å². The Balaban J connectivity index is 2.10. The lowest BCUT2D eigenvalue weighted by Gasteiger charge is -2.24. The van der Waals surface area contributed by atoms with Gasteiger partial charge in [0.1, 0.15) is 0 Å². The zero-order valence-corrected chi connectivity index (χ0v) is 11.9. The highest BCUT2D eigenvalue weighted by atomic mass is 79.9. The van der Waals surface area contributed by atoms with Crippen LogP contribution in [0.4, 0.5) is 5.69 Å². The molecule has 1 aliphatic carbocycles. The average molecular weight is 308 g/mol. The molecule has 0 heterocycles.